The first-order valence-corrected chi connectivity index (χ1v) is 11.4. The molecule has 0 fully saturated rings. The highest BCUT2D eigenvalue weighted by Gasteiger charge is 2.14. The van der Waals surface area contributed by atoms with E-state index in [2.05, 4.69) is 10.3 Å². The third kappa shape index (κ3) is 4.79. The lowest BCUT2D eigenvalue weighted by Gasteiger charge is -2.11. The van der Waals surface area contributed by atoms with Gasteiger partial charge in [-0.05, 0) is 48.4 Å². The summed E-state index contributed by atoms with van der Waals surface area (Å²) in [4.78, 5) is 17.3. The van der Waals surface area contributed by atoms with Crippen molar-refractivity contribution >= 4 is 21.6 Å². The van der Waals surface area contributed by atoms with E-state index in [-0.39, 0.29) is 24.0 Å². The van der Waals surface area contributed by atoms with Crippen LogP contribution in [0.2, 0.25) is 0 Å². The van der Waals surface area contributed by atoms with E-state index < -0.39 is 10.0 Å². The number of fused-ring (bicyclic) bond motifs is 1. The Morgan fingerprint density at radius 2 is 1.94 bits per heavy atom. The van der Waals surface area contributed by atoms with Crippen LogP contribution in [0, 0.1) is 6.92 Å². The summed E-state index contributed by atoms with van der Waals surface area (Å²) in [5.41, 5.74) is 3.65. The van der Waals surface area contributed by atoms with Gasteiger partial charge in [0.05, 0.1) is 16.2 Å². The zero-order valence-electron chi connectivity index (χ0n) is 17.4. The van der Waals surface area contributed by atoms with E-state index >= 15 is 0 Å². The predicted molar refractivity (Wildman–Crippen MR) is 120 cm³/mol. The minimum absolute atomic E-state index is 0.00401. The number of pyridine rings is 1. The van der Waals surface area contributed by atoms with Crippen molar-refractivity contribution in [2.24, 2.45) is 5.14 Å². The molecule has 3 N–H and O–H groups in total. The van der Waals surface area contributed by atoms with E-state index in [1.807, 2.05) is 35.9 Å². The topological polar surface area (TPSA) is 116 Å². The molecule has 0 aliphatic rings. The maximum Gasteiger partial charge on any atom is 0.255 e. The van der Waals surface area contributed by atoms with Gasteiger partial charge in [0.2, 0.25) is 10.0 Å². The van der Waals surface area contributed by atoms with Crippen molar-refractivity contribution in [1.29, 1.82) is 0 Å². The molecule has 0 aliphatic carbocycles. The minimum Gasteiger partial charge on any atom is -0.486 e. The van der Waals surface area contributed by atoms with Crippen LogP contribution in [0.3, 0.4) is 0 Å². The van der Waals surface area contributed by atoms with Crippen LogP contribution in [0.25, 0.3) is 5.65 Å². The Balaban J connectivity index is 1.45. The van der Waals surface area contributed by atoms with Crippen LogP contribution >= 0.6 is 0 Å². The van der Waals surface area contributed by atoms with Crippen molar-refractivity contribution in [3.8, 4) is 5.75 Å². The SMILES string of the molecule is Cc1cccn2cc(COc3ccccc3C(=O)NCc3cccc(S(N)(=O)=O)c3)nc12. The summed E-state index contributed by atoms with van der Waals surface area (Å²) in [6, 6.07) is 17.0. The molecule has 0 spiro atoms. The number of nitrogens with two attached hydrogens (primary N) is 1. The molecule has 0 aliphatic heterocycles. The smallest absolute Gasteiger partial charge is 0.255 e. The Morgan fingerprint density at radius 1 is 1.12 bits per heavy atom. The van der Waals surface area contributed by atoms with Gasteiger partial charge < -0.3 is 14.5 Å². The summed E-state index contributed by atoms with van der Waals surface area (Å²) in [5, 5.41) is 7.96. The molecule has 2 heterocycles. The number of imidazole rings is 1. The predicted octanol–water partition coefficient (Wildman–Crippen LogP) is 2.80. The number of ether oxygens (including phenoxy) is 1. The van der Waals surface area contributed by atoms with Gasteiger partial charge in [-0.1, -0.05) is 30.3 Å². The number of para-hydroxylation sites is 1. The van der Waals surface area contributed by atoms with Crippen molar-refractivity contribution in [3.05, 3.63) is 95.4 Å². The van der Waals surface area contributed by atoms with Crippen molar-refractivity contribution in [3.63, 3.8) is 0 Å². The molecule has 4 aromatic rings. The fourth-order valence-electron chi connectivity index (χ4n) is 3.32. The molecule has 0 unspecified atom stereocenters. The molecule has 9 heteroatoms. The number of rotatable bonds is 7. The maximum absolute atomic E-state index is 12.8. The third-order valence-electron chi connectivity index (χ3n) is 4.92. The third-order valence-corrected chi connectivity index (χ3v) is 5.83. The maximum atomic E-state index is 12.8. The number of carbonyl (C=O) groups excluding carboxylic acids is 1. The highest BCUT2D eigenvalue weighted by Crippen LogP contribution is 2.20. The Kier molecular flexibility index (Phi) is 5.93. The van der Waals surface area contributed by atoms with Crippen LogP contribution in [0.15, 0.2) is 78.0 Å². The number of nitrogens with zero attached hydrogens (tertiary/aromatic N) is 2. The second kappa shape index (κ2) is 8.81. The molecule has 2 aromatic heterocycles. The number of aromatic nitrogens is 2. The monoisotopic (exact) mass is 450 g/mol. The zero-order chi connectivity index (χ0) is 22.7. The van der Waals surface area contributed by atoms with Gasteiger partial charge in [0, 0.05) is 18.9 Å². The Labute approximate surface area is 185 Å². The first kappa shape index (κ1) is 21.5. The van der Waals surface area contributed by atoms with Crippen molar-refractivity contribution in [2.45, 2.75) is 25.0 Å². The number of amides is 1. The Morgan fingerprint density at radius 3 is 2.72 bits per heavy atom. The number of aryl methyl sites for hydroxylation is 1. The van der Waals surface area contributed by atoms with Crippen molar-refractivity contribution in [2.75, 3.05) is 0 Å². The van der Waals surface area contributed by atoms with Crippen LogP contribution in [0.4, 0.5) is 0 Å². The van der Waals surface area contributed by atoms with Crippen LogP contribution in [0.5, 0.6) is 5.75 Å². The molecule has 2 aromatic carbocycles. The average Bonchev–Trinajstić information content (AvgIpc) is 3.20. The molecule has 1 amide bonds. The van der Waals surface area contributed by atoms with Gasteiger partial charge >= 0.3 is 0 Å². The summed E-state index contributed by atoms with van der Waals surface area (Å²) in [6.07, 6.45) is 3.81. The minimum atomic E-state index is -3.81. The van der Waals surface area contributed by atoms with Gasteiger partial charge in [0.25, 0.3) is 5.91 Å². The van der Waals surface area contributed by atoms with Crippen LogP contribution in [-0.4, -0.2) is 23.7 Å². The van der Waals surface area contributed by atoms with Crippen molar-refractivity contribution in [1.82, 2.24) is 14.7 Å². The highest BCUT2D eigenvalue weighted by molar-refractivity contribution is 7.89. The molecular formula is C23H22N4O4S. The largest absolute Gasteiger partial charge is 0.486 e. The molecule has 0 saturated heterocycles. The van der Waals surface area contributed by atoms with Gasteiger partial charge in [-0.15, -0.1) is 0 Å². The lowest BCUT2D eigenvalue weighted by atomic mass is 10.1. The lowest BCUT2D eigenvalue weighted by molar-refractivity contribution is 0.0946. The zero-order valence-corrected chi connectivity index (χ0v) is 18.2. The quantitative estimate of drug-likeness (QED) is 0.449. The molecule has 32 heavy (non-hydrogen) atoms. The molecule has 8 nitrogen and oxygen atoms in total. The van der Waals surface area contributed by atoms with E-state index in [1.165, 1.54) is 12.1 Å². The Hall–Kier alpha value is -3.69. The summed E-state index contributed by atoms with van der Waals surface area (Å²) in [7, 11) is -3.81. The van der Waals surface area contributed by atoms with E-state index in [0.717, 1.165) is 16.9 Å². The van der Waals surface area contributed by atoms with Gasteiger partial charge in [0.1, 0.15) is 18.0 Å². The van der Waals surface area contributed by atoms with E-state index in [1.54, 1.807) is 36.4 Å². The molecule has 4 rings (SSSR count). The highest BCUT2D eigenvalue weighted by atomic mass is 32.2. The van der Waals surface area contributed by atoms with Gasteiger partial charge in [-0.3, -0.25) is 4.79 Å². The number of hydrogen-bond acceptors (Lipinski definition) is 5. The van der Waals surface area contributed by atoms with Gasteiger partial charge in [-0.2, -0.15) is 0 Å². The van der Waals surface area contributed by atoms with Crippen LogP contribution < -0.4 is 15.2 Å². The number of carbonyl (C=O) groups is 1. The van der Waals surface area contributed by atoms with Crippen LogP contribution in [0.1, 0.15) is 27.2 Å². The molecule has 0 atom stereocenters. The van der Waals surface area contributed by atoms with Crippen molar-refractivity contribution < 1.29 is 17.9 Å². The van der Waals surface area contributed by atoms with Gasteiger partial charge in [-0.25, -0.2) is 18.5 Å². The summed E-state index contributed by atoms with van der Waals surface area (Å²) in [5.74, 6) is 0.0875. The van der Waals surface area contributed by atoms with E-state index in [0.29, 0.717) is 16.9 Å². The fourth-order valence-corrected chi connectivity index (χ4v) is 3.90. The van der Waals surface area contributed by atoms with E-state index in [4.69, 9.17) is 9.88 Å². The first-order chi connectivity index (χ1) is 15.3. The fraction of sp³-hybridized carbons (Fsp3) is 0.130. The lowest BCUT2D eigenvalue weighted by Crippen LogP contribution is -2.23. The normalized spacial score (nSPS) is 11.4. The molecule has 0 bridgehead atoms. The first-order valence-electron chi connectivity index (χ1n) is 9.86. The van der Waals surface area contributed by atoms with Gasteiger partial charge in [0.15, 0.2) is 0 Å². The number of primary sulfonamides is 1. The molecule has 164 valence electrons. The van der Waals surface area contributed by atoms with Crippen LogP contribution in [-0.2, 0) is 23.2 Å². The Bertz CT molecular complexity index is 1400. The van der Waals surface area contributed by atoms with E-state index in [9.17, 15) is 13.2 Å². The standard InChI is InChI=1S/C23H22N4O4S/c1-16-6-5-11-27-14-18(26-22(16)27)15-31-21-10-3-2-9-20(21)23(28)25-13-17-7-4-8-19(12-17)32(24,29)30/h2-12,14H,13,15H2,1H3,(H,25,28)(H2,24,29,30). The summed E-state index contributed by atoms with van der Waals surface area (Å²) in [6.45, 7) is 2.34. The second-order valence-corrected chi connectivity index (χ2v) is 8.88. The molecular weight excluding hydrogens is 428 g/mol. The average molecular weight is 451 g/mol. The number of benzene rings is 2. The number of sulfonamides is 1. The second-order valence-electron chi connectivity index (χ2n) is 7.31. The number of hydrogen-bond donors (Lipinski definition) is 2. The number of nitrogens with one attached hydrogen (secondary N) is 1. The molecule has 0 radical (unpaired) electrons. The summed E-state index contributed by atoms with van der Waals surface area (Å²) < 4.78 is 30.9. The summed E-state index contributed by atoms with van der Waals surface area (Å²) >= 11 is 0. The molecule has 0 saturated carbocycles.